The molecule has 0 aromatic heterocycles. The van der Waals surface area contributed by atoms with Crippen molar-refractivity contribution in [3.63, 3.8) is 0 Å². The highest BCUT2D eigenvalue weighted by atomic mass is 32.2. The Kier molecular flexibility index (Phi) is 6.94. The largest absolute Gasteiger partial charge is 0.356 e. The molecule has 0 fully saturated rings. The normalized spacial score (nSPS) is 11.3. The SMILES string of the molecule is Cc1ccc(CCCC(=O)NCCc2ccc(S(N)(=O)=O)cc2)cc1C. The van der Waals surface area contributed by atoms with Gasteiger partial charge in [-0.15, -0.1) is 0 Å². The van der Waals surface area contributed by atoms with Gasteiger partial charge in [0.05, 0.1) is 4.90 Å². The monoisotopic (exact) mass is 374 g/mol. The van der Waals surface area contributed by atoms with Crippen LogP contribution in [0, 0.1) is 13.8 Å². The Morgan fingerprint density at radius 2 is 1.62 bits per heavy atom. The van der Waals surface area contributed by atoms with Crippen LogP contribution in [-0.4, -0.2) is 20.9 Å². The minimum absolute atomic E-state index is 0.0370. The molecule has 0 heterocycles. The van der Waals surface area contributed by atoms with E-state index in [1.807, 2.05) is 0 Å². The highest BCUT2D eigenvalue weighted by Crippen LogP contribution is 2.12. The van der Waals surface area contributed by atoms with Gasteiger partial charge in [-0.05, 0) is 67.5 Å². The number of benzene rings is 2. The summed E-state index contributed by atoms with van der Waals surface area (Å²) in [5.74, 6) is 0.0370. The molecule has 2 rings (SSSR count). The zero-order valence-corrected chi connectivity index (χ0v) is 16.1. The summed E-state index contributed by atoms with van der Waals surface area (Å²) < 4.78 is 22.4. The van der Waals surface area contributed by atoms with Gasteiger partial charge in [0, 0.05) is 13.0 Å². The Morgan fingerprint density at radius 1 is 0.962 bits per heavy atom. The summed E-state index contributed by atoms with van der Waals surface area (Å²) in [7, 11) is -3.66. The molecule has 0 atom stereocenters. The van der Waals surface area contributed by atoms with Crippen molar-refractivity contribution in [1.29, 1.82) is 0 Å². The zero-order valence-electron chi connectivity index (χ0n) is 15.3. The second-order valence-electron chi connectivity index (χ2n) is 6.56. The molecule has 0 bridgehead atoms. The van der Waals surface area contributed by atoms with Crippen LogP contribution >= 0.6 is 0 Å². The number of aryl methyl sites for hydroxylation is 3. The average molecular weight is 375 g/mol. The minimum Gasteiger partial charge on any atom is -0.356 e. The van der Waals surface area contributed by atoms with Crippen LogP contribution in [0.5, 0.6) is 0 Å². The van der Waals surface area contributed by atoms with E-state index in [1.165, 1.54) is 28.8 Å². The van der Waals surface area contributed by atoms with Gasteiger partial charge in [-0.3, -0.25) is 4.79 Å². The highest BCUT2D eigenvalue weighted by molar-refractivity contribution is 7.89. The fourth-order valence-corrected chi connectivity index (χ4v) is 3.21. The van der Waals surface area contributed by atoms with Gasteiger partial charge in [0.15, 0.2) is 0 Å². The van der Waals surface area contributed by atoms with Gasteiger partial charge < -0.3 is 5.32 Å². The van der Waals surface area contributed by atoms with Crippen LogP contribution < -0.4 is 10.5 Å². The topological polar surface area (TPSA) is 89.3 Å². The maximum absolute atomic E-state index is 11.9. The first-order valence-corrected chi connectivity index (χ1v) is 10.2. The molecule has 2 aromatic rings. The quantitative estimate of drug-likeness (QED) is 0.744. The Balaban J connectivity index is 1.69. The number of hydrogen-bond donors (Lipinski definition) is 2. The lowest BCUT2D eigenvalue weighted by Gasteiger charge is -2.07. The molecule has 0 aliphatic heterocycles. The smallest absolute Gasteiger partial charge is 0.238 e. The standard InChI is InChI=1S/C20H26N2O3S/c1-15-6-7-18(14-16(15)2)4-3-5-20(23)22-13-12-17-8-10-19(11-9-17)26(21,24)25/h6-11,14H,3-5,12-13H2,1-2H3,(H,22,23)(H2,21,24,25). The van der Waals surface area contributed by atoms with Gasteiger partial charge in [-0.1, -0.05) is 30.3 Å². The van der Waals surface area contributed by atoms with E-state index in [9.17, 15) is 13.2 Å². The summed E-state index contributed by atoms with van der Waals surface area (Å²) in [6, 6.07) is 12.8. The van der Waals surface area contributed by atoms with Crippen molar-refractivity contribution in [2.24, 2.45) is 5.14 Å². The lowest BCUT2D eigenvalue weighted by Crippen LogP contribution is -2.25. The number of rotatable bonds is 8. The van der Waals surface area contributed by atoms with E-state index in [0.29, 0.717) is 19.4 Å². The van der Waals surface area contributed by atoms with E-state index in [4.69, 9.17) is 5.14 Å². The molecule has 0 saturated heterocycles. The number of carbonyl (C=O) groups is 1. The first-order valence-electron chi connectivity index (χ1n) is 8.70. The summed E-state index contributed by atoms with van der Waals surface area (Å²) in [5, 5.41) is 7.97. The molecule has 26 heavy (non-hydrogen) atoms. The van der Waals surface area contributed by atoms with Gasteiger partial charge in [-0.2, -0.15) is 0 Å². The molecule has 0 radical (unpaired) electrons. The Bertz CT molecular complexity index is 859. The molecular weight excluding hydrogens is 348 g/mol. The van der Waals surface area contributed by atoms with Gasteiger partial charge in [-0.25, -0.2) is 13.6 Å². The summed E-state index contributed by atoms with van der Waals surface area (Å²) >= 11 is 0. The summed E-state index contributed by atoms with van der Waals surface area (Å²) in [4.78, 5) is 12.0. The van der Waals surface area contributed by atoms with Gasteiger partial charge in [0.2, 0.25) is 15.9 Å². The molecule has 0 aliphatic carbocycles. The van der Waals surface area contributed by atoms with Crippen molar-refractivity contribution in [2.75, 3.05) is 6.54 Å². The number of hydrogen-bond acceptors (Lipinski definition) is 3. The van der Waals surface area contributed by atoms with Crippen molar-refractivity contribution in [1.82, 2.24) is 5.32 Å². The molecule has 5 nitrogen and oxygen atoms in total. The lowest BCUT2D eigenvalue weighted by molar-refractivity contribution is -0.121. The van der Waals surface area contributed by atoms with Crippen molar-refractivity contribution in [3.05, 3.63) is 64.7 Å². The third-order valence-corrected chi connectivity index (χ3v) is 5.36. The summed E-state index contributed by atoms with van der Waals surface area (Å²) in [6.07, 6.45) is 2.85. The zero-order chi connectivity index (χ0) is 19.2. The maximum atomic E-state index is 11.9. The first kappa shape index (κ1) is 20.1. The fourth-order valence-electron chi connectivity index (χ4n) is 2.69. The summed E-state index contributed by atoms with van der Waals surface area (Å²) in [5.41, 5.74) is 4.77. The van der Waals surface area contributed by atoms with Crippen molar-refractivity contribution in [2.45, 2.75) is 44.4 Å². The number of amides is 1. The van der Waals surface area contributed by atoms with E-state index >= 15 is 0 Å². The molecular formula is C20H26N2O3S. The predicted octanol–water partition coefficient (Wildman–Crippen LogP) is 2.63. The molecule has 0 spiro atoms. The van der Waals surface area contributed by atoms with Crippen molar-refractivity contribution in [3.8, 4) is 0 Å². The van der Waals surface area contributed by atoms with Crippen LogP contribution in [0.15, 0.2) is 47.4 Å². The van der Waals surface area contributed by atoms with Gasteiger partial charge >= 0.3 is 0 Å². The fraction of sp³-hybridized carbons (Fsp3) is 0.350. The van der Waals surface area contributed by atoms with Crippen molar-refractivity contribution < 1.29 is 13.2 Å². The van der Waals surface area contributed by atoms with E-state index in [0.717, 1.165) is 18.4 Å². The highest BCUT2D eigenvalue weighted by Gasteiger charge is 2.07. The molecule has 3 N–H and O–H groups in total. The second-order valence-corrected chi connectivity index (χ2v) is 8.12. The van der Waals surface area contributed by atoms with E-state index < -0.39 is 10.0 Å². The van der Waals surface area contributed by atoms with Crippen LogP contribution in [-0.2, 0) is 27.7 Å². The lowest BCUT2D eigenvalue weighted by atomic mass is 10.0. The minimum atomic E-state index is -3.66. The molecule has 0 saturated carbocycles. The number of carbonyl (C=O) groups excluding carboxylic acids is 1. The third kappa shape index (κ3) is 6.28. The van der Waals surface area contributed by atoms with E-state index in [-0.39, 0.29) is 10.8 Å². The molecule has 140 valence electrons. The number of nitrogens with one attached hydrogen (secondary N) is 1. The van der Waals surface area contributed by atoms with Gasteiger partial charge in [0.25, 0.3) is 0 Å². The van der Waals surface area contributed by atoms with Crippen LogP contribution in [0.1, 0.15) is 35.1 Å². The van der Waals surface area contributed by atoms with Crippen molar-refractivity contribution >= 4 is 15.9 Å². The molecule has 1 amide bonds. The Hall–Kier alpha value is -2.18. The van der Waals surface area contributed by atoms with E-state index in [1.54, 1.807) is 12.1 Å². The number of nitrogens with two attached hydrogens (primary N) is 1. The Morgan fingerprint density at radius 3 is 2.23 bits per heavy atom. The molecule has 2 aromatic carbocycles. The Labute approximate surface area is 155 Å². The number of sulfonamides is 1. The van der Waals surface area contributed by atoms with Crippen LogP contribution in [0.3, 0.4) is 0 Å². The summed E-state index contributed by atoms with van der Waals surface area (Å²) in [6.45, 7) is 4.72. The predicted molar refractivity (Wildman–Crippen MR) is 103 cm³/mol. The van der Waals surface area contributed by atoms with Crippen LogP contribution in [0.25, 0.3) is 0 Å². The molecule has 0 aliphatic rings. The van der Waals surface area contributed by atoms with Crippen LogP contribution in [0.2, 0.25) is 0 Å². The van der Waals surface area contributed by atoms with E-state index in [2.05, 4.69) is 37.4 Å². The average Bonchev–Trinajstić information content (AvgIpc) is 2.58. The van der Waals surface area contributed by atoms with Crippen LogP contribution in [0.4, 0.5) is 0 Å². The number of primary sulfonamides is 1. The second kappa shape index (κ2) is 8.96. The maximum Gasteiger partial charge on any atom is 0.238 e. The van der Waals surface area contributed by atoms with Gasteiger partial charge in [0.1, 0.15) is 0 Å². The molecule has 6 heteroatoms. The first-order chi connectivity index (χ1) is 12.3. The third-order valence-electron chi connectivity index (χ3n) is 4.43. The molecule has 0 unspecified atom stereocenters.